The van der Waals surface area contributed by atoms with E-state index < -0.39 is 8.07 Å². The van der Waals surface area contributed by atoms with Crippen LogP contribution in [0.15, 0.2) is 0 Å². The van der Waals surface area contributed by atoms with E-state index in [2.05, 4.69) is 38.0 Å². The van der Waals surface area contributed by atoms with Crippen LogP contribution in [0.25, 0.3) is 0 Å². The second kappa shape index (κ2) is 6.21. The van der Waals surface area contributed by atoms with E-state index in [-0.39, 0.29) is 11.2 Å². The molecule has 2 rings (SSSR count). The van der Waals surface area contributed by atoms with Crippen molar-refractivity contribution < 1.29 is 9.47 Å². The van der Waals surface area contributed by atoms with Gasteiger partial charge in [-0.05, 0) is 19.3 Å². The molecule has 1 aliphatic heterocycles. The summed E-state index contributed by atoms with van der Waals surface area (Å²) in [5.74, 6) is 3.46. The molecule has 2 fully saturated rings. The van der Waals surface area contributed by atoms with Gasteiger partial charge in [-0.3, -0.25) is 0 Å². The van der Waals surface area contributed by atoms with Crippen molar-refractivity contribution in [2.75, 3.05) is 13.2 Å². The van der Waals surface area contributed by atoms with Crippen molar-refractivity contribution >= 4 is 8.07 Å². The van der Waals surface area contributed by atoms with E-state index >= 15 is 0 Å². The van der Waals surface area contributed by atoms with E-state index in [1.54, 1.807) is 0 Å². The van der Waals surface area contributed by atoms with Crippen LogP contribution in [-0.4, -0.2) is 27.1 Å². The highest BCUT2D eigenvalue weighted by atomic mass is 28.3. The predicted octanol–water partition coefficient (Wildman–Crippen LogP) is 4.36. The minimum atomic E-state index is -1.29. The third-order valence-corrected chi connectivity index (χ3v) is 5.37. The first-order chi connectivity index (χ1) is 9.39. The summed E-state index contributed by atoms with van der Waals surface area (Å²) >= 11 is 0. The molecule has 1 spiro atoms. The van der Waals surface area contributed by atoms with Crippen LogP contribution in [0.1, 0.15) is 51.9 Å². The molecule has 0 unspecified atom stereocenters. The van der Waals surface area contributed by atoms with Crippen molar-refractivity contribution in [3.05, 3.63) is 0 Å². The highest BCUT2D eigenvalue weighted by Crippen LogP contribution is 2.47. The summed E-state index contributed by atoms with van der Waals surface area (Å²) < 4.78 is 11.7. The Morgan fingerprint density at radius 2 is 1.60 bits per heavy atom. The summed E-state index contributed by atoms with van der Waals surface area (Å²) in [4.78, 5) is 0. The molecule has 20 heavy (non-hydrogen) atoms. The van der Waals surface area contributed by atoms with Crippen molar-refractivity contribution in [2.24, 2.45) is 5.41 Å². The second-order valence-corrected chi connectivity index (χ2v) is 12.2. The van der Waals surface area contributed by atoms with Gasteiger partial charge in [0.1, 0.15) is 8.07 Å². The Hall–Kier alpha value is -0.303. The highest BCUT2D eigenvalue weighted by molar-refractivity contribution is 6.83. The second-order valence-electron chi connectivity index (χ2n) is 7.49. The lowest BCUT2D eigenvalue weighted by atomic mass is 9.70. The maximum Gasteiger partial charge on any atom is 0.168 e. The summed E-state index contributed by atoms with van der Waals surface area (Å²) in [5.41, 5.74) is 3.86. The zero-order valence-electron chi connectivity index (χ0n) is 13.7. The van der Waals surface area contributed by atoms with Crippen molar-refractivity contribution in [3.63, 3.8) is 0 Å². The first kappa shape index (κ1) is 16.1. The number of rotatable bonds is 3. The van der Waals surface area contributed by atoms with Crippen LogP contribution in [0.4, 0.5) is 0 Å². The van der Waals surface area contributed by atoms with Crippen LogP contribution in [0.2, 0.25) is 19.6 Å². The topological polar surface area (TPSA) is 18.5 Å². The van der Waals surface area contributed by atoms with Crippen molar-refractivity contribution in [1.82, 2.24) is 0 Å². The molecule has 3 heteroatoms. The van der Waals surface area contributed by atoms with Gasteiger partial charge in [0.15, 0.2) is 5.79 Å². The first-order valence-electron chi connectivity index (χ1n) is 8.21. The van der Waals surface area contributed by atoms with Gasteiger partial charge < -0.3 is 9.47 Å². The van der Waals surface area contributed by atoms with Gasteiger partial charge in [0, 0.05) is 18.3 Å². The van der Waals surface area contributed by atoms with Crippen LogP contribution >= 0.6 is 0 Å². The molecule has 0 bridgehead atoms. The summed E-state index contributed by atoms with van der Waals surface area (Å²) in [6, 6.07) is 0. The average Bonchev–Trinajstić information content (AvgIpc) is 2.85. The molecule has 2 aliphatic rings. The number of hydrogen-bond acceptors (Lipinski definition) is 2. The van der Waals surface area contributed by atoms with Gasteiger partial charge >= 0.3 is 0 Å². The van der Waals surface area contributed by atoms with Gasteiger partial charge in [-0.2, -0.15) is 0 Å². The van der Waals surface area contributed by atoms with Crippen LogP contribution in [0.5, 0.6) is 0 Å². The molecular weight excluding hydrogens is 264 g/mol. The molecule has 1 heterocycles. The Balaban J connectivity index is 2.07. The fourth-order valence-corrected chi connectivity index (χ4v) is 3.81. The fourth-order valence-electron chi connectivity index (χ4n) is 3.17. The monoisotopic (exact) mass is 294 g/mol. The Morgan fingerprint density at radius 1 is 1.00 bits per heavy atom. The van der Waals surface area contributed by atoms with Crippen LogP contribution < -0.4 is 0 Å². The molecule has 1 saturated carbocycles. The molecule has 0 amide bonds. The Morgan fingerprint density at radius 3 is 2.10 bits per heavy atom. The molecule has 0 aromatic heterocycles. The molecular formula is C17H30O2Si. The lowest BCUT2D eigenvalue weighted by Gasteiger charge is -2.41. The number of ether oxygens (including phenoxy) is 2. The molecule has 0 radical (unpaired) electrons. The van der Waals surface area contributed by atoms with Crippen molar-refractivity contribution in [3.8, 4) is 11.5 Å². The van der Waals surface area contributed by atoms with Crippen LogP contribution in [-0.2, 0) is 9.47 Å². The largest absolute Gasteiger partial charge is 0.348 e. The summed E-state index contributed by atoms with van der Waals surface area (Å²) in [6.45, 7) is 10.8. The predicted molar refractivity (Wildman–Crippen MR) is 86.2 cm³/mol. The van der Waals surface area contributed by atoms with E-state index in [1.807, 2.05) is 0 Å². The standard InChI is InChI=1S/C17H30O2Si/c1-5-6-7-16(12-15-20(2,3)4)8-10-17(11-9-16)18-13-14-19-17/h5-11,13-14H2,1-4H3. The summed E-state index contributed by atoms with van der Waals surface area (Å²) in [7, 11) is -1.29. The van der Waals surface area contributed by atoms with Crippen molar-refractivity contribution in [1.29, 1.82) is 0 Å². The zero-order chi connectivity index (χ0) is 14.7. The quantitative estimate of drug-likeness (QED) is 0.569. The Labute approximate surface area is 125 Å². The summed E-state index contributed by atoms with van der Waals surface area (Å²) in [5, 5.41) is 0. The van der Waals surface area contributed by atoms with Crippen LogP contribution in [0, 0.1) is 16.9 Å². The third kappa shape index (κ3) is 4.10. The SMILES string of the molecule is CCCCC1(C#C[Si](C)(C)C)CCC2(CC1)OCCO2. The van der Waals surface area contributed by atoms with E-state index in [4.69, 9.17) is 9.47 Å². The van der Waals surface area contributed by atoms with Gasteiger partial charge in [0.2, 0.25) is 0 Å². The molecule has 0 aromatic carbocycles. The third-order valence-electron chi connectivity index (χ3n) is 4.49. The molecule has 1 saturated heterocycles. The van der Waals surface area contributed by atoms with E-state index in [1.165, 1.54) is 19.3 Å². The minimum Gasteiger partial charge on any atom is -0.348 e. The lowest BCUT2D eigenvalue weighted by molar-refractivity contribution is -0.187. The maximum atomic E-state index is 5.86. The zero-order valence-corrected chi connectivity index (χ0v) is 14.7. The molecule has 0 atom stereocenters. The van der Waals surface area contributed by atoms with Crippen molar-refractivity contribution in [2.45, 2.75) is 77.3 Å². The first-order valence-corrected chi connectivity index (χ1v) is 11.7. The van der Waals surface area contributed by atoms with Crippen LogP contribution in [0.3, 0.4) is 0 Å². The smallest absolute Gasteiger partial charge is 0.168 e. The van der Waals surface area contributed by atoms with E-state index in [0.29, 0.717) is 0 Å². The lowest BCUT2D eigenvalue weighted by Crippen LogP contribution is -2.39. The van der Waals surface area contributed by atoms with E-state index in [0.717, 1.165) is 38.9 Å². The maximum absolute atomic E-state index is 5.86. The van der Waals surface area contributed by atoms with Gasteiger partial charge in [-0.25, -0.2) is 0 Å². The normalized spacial score (nSPS) is 24.4. The summed E-state index contributed by atoms with van der Waals surface area (Å²) in [6.07, 6.45) is 8.13. The van der Waals surface area contributed by atoms with Gasteiger partial charge in [0.05, 0.1) is 13.2 Å². The van der Waals surface area contributed by atoms with Gasteiger partial charge in [-0.15, -0.1) is 11.5 Å². The number of hydrogen-bond donors (Lipinski definition) is 0. The minimum absolute atomic E-state index is 0.233. The van der Waals surface area contributed by atoms with Gasteiger partial charge in [-0.1, -0.05) is 39.4 Å². The fraction of sp³-hybridized carbons (Fsp3) is 0.882. The Bertz CT molecular complexity index is 370. The molecule has 2 nitrogen and oxygen atoms in total. The molecule has 0 aromatic rings. The molecule has 0 N–H and O–H groups in total. The molecule has 1 aliphatic carbocycles. The van der Waals surface area contributed by atoms with Gasteiger partial charge in [0.25, 0.3) is 0 Å². The average molecular weight is 295 g/mol. The van der Waals surface area contributed by atoms with E-state index in [9.17, 15) is 0 Å². The highest BCUT2D eigenvalue weighted by Gasteiger charge is 2.45. The molecule has 114 valence electrons. The Kier molecular flexibility index (Phi) is 4.99. The number of unbranched alkanes of at least 4 members (excludes halogenated alkanes) is 1.